The second-order valence-corrected chi connectivity index (χ2v) is 9.07. The highest BCUT2D eigenvalue weighted by atomic mass is 16.5. The molecule has 0 spiro atoms. The van der Waals surface area contributed by atoms with E-state index in [0.29, 0.717) is 17.9 Å². The van der Waals surface area contributed by atoms with E-state index in [4.69, 9.17) is 4.74 Å². The molecule has 0 saturated carbocycles. The van der Waals surface area contributed by atoms with Gasteiger partial charge in [-0.3, -0.25) is 4.79 Å². The number of nitrogens with zero attached hydrogens (tertiary/aromatic N) is 5. The predicted octanol–water partition coefficient (Wildman–Crippen LogP) is 1.87. The molecule has 1 amide bonds. The number of carbonyl (C=O) groups excluding carboxylic acids is 1. The molecule has 2 fully saturated rings. The van der Waals surface area contributed by atoms with Crippen molar-refractivity contribution < 1.29 is 9.53 Å². The normalized spacial score (nSPS) is 26.2. The van der Waals surface area contributed by atoms with Crippen LogP contribution < -0.4 is 9.64 Å². The number of benzene rings is 1. The molecule has 2 aromatic rings. The monoisotopic (exact) mass is 421 g/mol. The second kappa shape index (κ2) is 8.46. The first-order valence-electron chi connectivity index (χ1n) is 11.3. The van der Waals surface area contributed by atoms with Crippen LogP contribution in [0.3, 0.4) is 0 Å². The Kier molecular flexibility index (Phi) is 5.52. The lowest BCUT2D eigenvalue weighted by molar-refractivity contribution is -0.139. The Morgan fingerprint density at radius 1 is 1.06 bits per heavy atom. The summed E-state index contributed by atoms with van der Waals surface area (Å²) in [5.74, 6) is 2.62. The van der Waals surface area contributed by atoms with E-state index < -0.39 is 0 Å². The Bertz CT molecular complexity index is 929. The van der Waals surface area contributed by atoms with Crippen molar-refractivity contribution >= 4 is 11.9 Å². The van der Waals surface area contributed by atoms with E-state index in [1.807, 2.05) is 6.07 Å². The van der Waals surface area contributed by atoms with Crippen molar-refractivity contribution in [3.8, 4) is 5.75 Å². The Balaban J connectivity index is 1.25. The van der Waals surface area contributed by atoms with Gasteiger partial charge in [0, 0.05) is 51.2 Å². The third-order valence-electron chi connectivity index (χ3n) is 7.33. The van der Waals surface area contributed by atoms with Crippen molar-refractivity contribution in [1.82, 2.24) is 19.8 Å². The number of methoxy groups -OCH3 is 1. The van der Waals surface area contributed by atoms with E-state index in [9.17, 15) is 4.79 Å². The molecule has 2 saturated heterocycles. The number of hydrogen-bond donors (Lipinski definition) is 0. The zero-order chi connectivity index (χ0) is 21.4. The van der Waals surface area contributed by atoms with Crippen LogP contribution in [0.15, 0.2) is 36.7 Å². The van der Waals surface area contributed by atoms with Crippen LogP contribution in [0.4, 0.5) is 5.95 Å². The largest absolute Gasteiger partial charge is 0.496 e. The average molecular weight is 422 g/mol. The summed E-state index contributed by atoms with van der Waals surface area (Å²) in [4.78, 5) is 28.7. The van der Waals surface area contributed by atoms with Gasteiger partial charge in [-0.15, -0.1) is 0 Å². The fourth-order valence-electron chi connectivity index (χ4n) is 5.71. The topological polar surface area (TPSA) is 61.8 Å². The van der Waals surface area contributed by atoms with Crippen LogP contribution in [0.5, 0.6) is 5.75 Å². The van der Waals surface area contributed by atoms with Gasteiger partial charge in [-0.1, -0.05) is 12.1 Å². The number of hydrogen-bond acceptors (Lipinski definition) is 6. The van der Waals surface area contributed by atoms with Gasteiger partial charge < -0.3 is 19.4 Å². The molecule has 3 heterocycles. The Hall–Kier alpha value is -2.67. The van der Waals surface area contributed by atoms with Crippen molar-refractivity contribution in [2.45, 2.75) is 25.3 Å². The van der Waals surface area contributed by atoms with E-state index >= 15 is 0 Å². The summed E-state index contributed by atoms with van der Waals surface area (Å²) in [5, 5.41) is 0. The number of likely N-dealkylation sites (N-methyl/N-ethyl adjacent to an activating group) is 1. The summed E-state index contributed by atoms with van der Waals surface area (Å²) in [7, 11) is 3.94. The quantitative estimate of drug-likeness (QED) is 0.754. The summed E-state index contributed by atoms with van der Waals surface area (Å²) in [6, 6.07) is 8.72. The highest BCUT2D eigenvalue weighted by Gasteiger charge is 2.41. The molecule has 1 aliphatic carbocycles. The molecular formula is C24H31N5O2. The number of ether oxygens (including phenoxy) is 1. The first-order chi connectivity index (χ1) is 15.1. The van der Waals surface area contributed by atoms with Gasteiger partial charge in [0.25, 0.3) is 0 Å². The van der Waals surface area contributed by atoms with E-state index in [2.05, 4.69) is 49.9 Å². The number of amides is 1. The third kappa shape index (κ3) is 3.87. The van der Waals surface area contributed by atoms with Crippen LogP contribution in [-0.4, -0.2) is 78.6 Å². The van der Waals surface area contributed by atoms with Crippen molar-refractivity contribution in [1.29, 1.82) is 0 Å². The fraction of sp³-hybridized carbons (Fsp3) is 0.542. The third-order valence-corrected chi connectivity index (χ3v) is 7.33. The van der Waals surface area contributed by atoms with Gasteiger partial charge >= 0.3 is 0 Å². The lowest BCUT2D eigenvalue weighted by Crippen LogP contribution is -2.56. The van der Waals surface area contributed by atoms with Crippen LogP contribution in [0, 0.1) is 11.8 Å². The number of piperidine rings is 1. The molecule has 7 heteroatoms. The van der Waals surface area contributed by atoms with Crippen LogP contribution in [0.25, 0.3) is 0 Å². The molecule has 3 atom stereocenters. The Morgan fingerprint density at radius 3 is 2.58 bits per heavy atom. The number of fused-ring (bicyclic) bond motifs is 2. The smallest absolute Gasteiger partial charge is 0.227 e. The molecule has 3 aliphatic rings. The Labute approximate surface area is 184 Å². The maximum Gasteiger partial charge on any atom is 0.227 e. The first-order valence-corrected chi connectivity index (χ1v) is 11.3. The summed E-state index contributed by atoms with van der Waals surface area (Å²) < 4.78 is 5.63. The van der Waals surface area contributed by atoms with Crippen molar-refractivity contribution in [3.63, 3.8) is 0 Å². The molecule has 1 aromatic heterocycles. The van der Waals surface area contributed by atoms with Crippen LogP contribution in [0.2, 0.25) is 0 Å². The highest BCUT2D eigenvalue weighted by molar-refractivity contribution is 5.79. The molecule has 0 N–H and O–H groups in total. The number of piperazine rings is 1. The van der Waals surface area contributed by atoms with Gasteiger partial charge in [-0.05, 0) is 55.5 Å². The molecule has 31 heavy (non-hydrogen) atoms. The molecule has 164 valence electrons. The zero-order valence-corrected chi connectivity index (χ0v) is 18.4. The highest BCUT2D eigenvalue weighted by Crippen LogP contribution is 2.40. The van der Waals surface area contributed by atoms with Gasteiger partial charge in [-0.2, -0.15) is 0 Å². The van der Waals surface area contributed by atoms with Crippen molar-refractivity contribution in [2.75, 3.05) is 51.8 Å². The number of anilines is 1. The van der Waals surface area contributed by atoms with Crippen molar-refractivity contribution in [2.24, 2.45) is 11.8 Å². The fourth-order valence-corrected chi connectivity index (χ4v) is 5.71. The predicted molar refractivity (Wildman–Crippen MR) is 119 cm³/mol. The van der Waals surface area contributed by atoms with Crippen molar-refractivity contribution in [3.05, 3.63) is 47.8 Å². The number of likely N-dealkylation sites (tertiary alicyclic amines) is 1. The van der Waals surface area contributed by atoms with E-state index in [-0.39, 0.29) is 5.92 Å². The van der Waals surface area contributed by atoms with Gasteiger partial charge in [0.1, 0.15) is 5.75 Å². The molecule has 7 nitrogen and oxygen atoms in total. The maximum atomic E-state index is 13.4. The lowest BCUT2D eigenvalue weighted by Gasteiger charge is -2.47. The molecule has 0 bridgehead atoms. The number of rotatable bonds is 3. The standard InChI is InChI=1S/C24H31N5O2/c1-27-16-19(13-18-14-20-17(15-21(18)27)5-3-6-22(20)31-2)23(30)28-9-11-29(12-10-28)24-25-7-4-8-26-24/h3-8,18-19,21H,9-16H2,1-2H3/t18-,19-,21-/m1/s1. The minimum absolute atomic E-state index is 0.0713. The van der Waals surface area contributed by atoms with Gasteiger partial charge in [0.2, 0.25) is 11.9 Å². The number of aromatic nitrogens is 2. The maximum absolute atomic E-state index is 13.4. The Morgan fingerprint density at radius 2 is 1.84 bits per heavy atom. The van der Waals surface area contributed by atoms with E-state index in [0.717, 1.165) is 63.7 Å². The summed E-state index contributed by atoms with van der Waals surface area (Å²) in [6.45, 7) is 3.90. The molecular weight excluding hydrogens is 390 g/mol. The first kappa shape index (κ1) is 20.2. The van der Waals surface area contributed by atoms with Crippen LogP contribution >= 0.6 is 0 Å². The van der Waals surface area contributed by atoms with Gasteiger partial charge in [0.15, 0.2) is 0 Å². The molecule has 0 unspecified atom stereocenters. The van der Waals surface area contributed by atoms with Crippen LogP contribution in [-0.2, 0) is 17.6 Å². The number of carbonyl (C=O) groups is 1. The summed E-state index contributed by atoms with van der Waals surface area (Å²) in [6.07, 6.45) is 6.55. The minimum Gasteiger partial charge on any atom is -0.496 e. The average Bonchev–Trinajstić information content (AvgIpc) is 2.83. The molecule has 0 radical (unpaired) electrons. The SMILES string of the molecule is COc1cccc2c1C[C@H]1C[C@@H](C(=O)N3CCN(c4ncccn4)CC3)CN(C)[C@@H]1C2. The van der Waals surface area contributed by atoms with Gasteiger partial charge in [-0.25, -0.2) is 9.97 Å². The molecule has 2 aliphatic heterocycles. The minimum atomic E-state index is 0.0713. The lowest BCUT2D eigenvalue weighted by atomic mass is 9.72. The second-order valence-electron chi connectivity index (χ2n) is 9.07. The summed E-state index contributed by atoms with van der Waals surface area (Å²) >= 11 is 0. The van der Waals surface area contributed by atoms with E-state index in [1.54, 1.807) is 19.5 Å². The summed E-state index contributed by atoms with van der Waals surface area (Å²) in [5.41, 5.74) is 2.74. The van der Waals surface area contributed by atoms with Crippen LogP contribution in [0.1, 0.15) is 17.5 Å². The van der Waals surface area contributed by atoms with E-state index in [1.165, 1.54) is 11.1 Å². The zero-order valence-electron chi connectivity index (χ0n) is 18.4. The molecule has 5 rings (SSSR count). The molecule has 1 aromatic carbocycles. The van der Waals surface area contributed by atoms with Gasteiger partial charge in [0.05, 0.1) is 13.0 Å².